The Kier molecular flexibility index (Phi) is 5.24. The monoisotopic (exact) mass is 350 g/mol. The smallest absolute Gasteiger partial charge is 0.314 e. The van der Waals surface area contributed by atoms with Gasteiger partial charge in [-0.15, -0.1) is 0 Å². The Hall–Kier alpha value is -3.67. The van der Waals surface area contributed by atoms with Crippen LogP contribution in [0, 0.1) is 5.82 Å². The van der Waals surface area contributed by atoms with Gasteiger partial charge in [0.05, 0.1) is 0 Å². The predicted molar refractivity (Wildman–Crippen MR) is 96.6 cm³/mol. The van der Waals surface area contributed by atoms with Gasteiger partial charge in [-0.05, 0) is 54.6 Å². The van der Waals surface area contributed by atoms with E-state index in [1.54, 1.807) is 24.3 Å². The maximum Gasteiger partial charge on any atom is 0.314 e. The fraction of sp³-hybridized carbons (Fsp3) is 0. The number of nitrogens with one attached hydrogen (secondary N) is 2. The summed E-state index contributed by atoms with van der Waals surface area (Å²) in [6.45, 7) is 0. The molecule has 3 aromatic carbocycles. The minimum Gasteiger partial charge on any atom is -0.457 e. The van der Waals surface area contributed by atoms with Crippen molar-refractivity contribution < 1.29 is 18.7 Å². The van der Waals surface area contributed by atoms with Crippen molar-refractivity contribution in [2.45, 2.75) is 0 Å². The van der Waals surface area contributed by atoms with E-state index in [0.717, 1.165) is 6.07 Å². The van der Waals surface area contributed by atoms with Crippen LogP contribution in [0.3, 0.4) is 0 Å². The maximum atomic E-state index is 13.1. The van der Waals surface area contributed by atoms with Gasteiger partial charge in [-0.1, -0.05) is 24.3 Å². The molecule has 0 fully saturated rings. The van der Waals surface area contributed by atoms with Gasteiger partial charge in [-0.2, -0.15) is 0 Å². The van der Waals surface area contributed by atoms with E-state index in [2.05, 4.69) is 10.6 Å². The van der Waals surface area contributed by atoms with Gasteiger partial charge in [0.1, 0.15) is 17.3 Å². The van der Waals surface area contributed by atoms with E-state index in [0.29, 0.717) is 17.2 Å². The van der Waals surface area contributed by atoms with Crippen molar-refractivity contribution in [1.82, 2.24) is 0 Å². The van der Waals surface area contributed by atoms with E-state index in [9.17, 15) is 14.0 Å². The highest BCUT2D eigenvalue weighted by Crippen LogP contribution is 2.22. The molecule has 3 rings (SSSR count). The topological polar surface area (TPSA) is 67.4 Å². The van der Waals surface area contributed by atoms with Crippen LogP contribution in [0.25, 0.3) is 0 Å². The third-order valence-electron chi connectivity index (χ3n) is 3.38. The molecule has 0 unspecified atom stereocenters. The first-order valence-electron chi connectivity index (χ1n) is 7.81. The summed E-state index contributed by atoms with van der Waals surface area (Å²) in [6.07, 6.45) is 0. The lowest BCUT2D eigenvalue weighted by Crippen LogP contribution is -2.29. The van der Waals surface area contributed by atoms with E-state index in [4.69, 9.17) is 4.74 Å². The van der Waals surface area contributed by atoms with Gasteiger partial charge in [-0.25, -0.2) is 4.39 Å². The molecule has 0 bridgehead atoms. The Bertz CT molecular complexity index is 912. The lowest BCUT2D eigenvalue weighted by Gasteiger charge is -2.08. The largest absolute Gasteiger partial charge is 0.457 e. The van der Waals surface area contributed by atoms with E-state index in [1.807, 2.05) is 30.3 Å². The zero-order chi connectivity index (χ0) is 18.4. The van der Waals surface area contributed by atoms with Crippen molar-refractivity contribution >= 4 is 23.2 Å². The second-order valence-corrected chi connectivity index (χ2v) is 5.36. The highest BCUT2D eigenvalue weighted by Gasteiger charge is 2.14. The van der Waals surface area contributed by atoms with Crippen molar-refractivity contribution in [3.8, 4) is 11.5 Å². The molecule has 2 N–H and O–H groups in total. The zero-order valence-corrected chi connectivity index (χ0v) is 13.6. The summed E-state index contributed by atoms with van der Waals surface area (Å²) in [4.78, 5) is 23.8. The van der Waals surface area contributed by atoms with Crippen LogP contribution in [-0.4, -0.2) is 11.8 Å². The molecule has 0 aliphatic rings. The Morgan fingerprint density at radius 3 is 1.96 bits per heavy atom. The normalized spacial score (nSPS) is 10.0. The Labute approximate surface area is 149 Å². The number of ether oxygens (including phenoxy) is 1. The SMILES string of the molecule is O=C(Nc1ccc(Oc2ccccc2)cc1)C(=O)Nc1cccc(F)c1. The number of benzene rings is 3. The Morgan fingerprint density at radius 2 is 1.31 bits per heavy atom. The standard InChI is InChI=1S/C20H15FN2O3/c21-14-5-4-6-16(13-14)23-20(25)19(24)22-15-9-11-18(12-10-15)26-17-7-2-1-3-8-17/h1-13H,(H,22,24)(H,23,25). The average molecular weight is 350 g/mol. The second kappa shape index (κ2) is 7.94. The van der Waals surface area contributed by atoms with Crippen LogP contribution in [0.15, 0.2) is 78.9 Å². The van der Waals surface area contributed by atoms with E-state index >= 15 is 0 Å². The minimum absolute atomic E-state index is 0.205. The lowest BCUT2D eigenvalue weighted by molar-refractivity contribution is -0.133. The van der Waals surface area contributed by atoms with Gasteiger partial charge in [0.2, 0.25) is 0 Å². The number of carbonyl (C=O) groups excluding carboxylic acids is 2. The number of rotatable bonds is 4. The number of hydrogen-bond acceptors (Lipinski definition) is 3. The van der Waals surface area contributed by atoms with Gasteiger partial charge < -0.3 is 15.4 Å². The molecule has 6 heteroatoms. The van der Waals surface area contributed by atoms with Crippen molar-refractivity contribution in [3.63, 3.8) is 0 Å². The molecule has 0 saturated heterocycles. The van der Waals surface area contributed by atoms with Gasteiger partial charge in [0.15, 0.2) is 0 Å². The van der Waals surface area contributed by atoms with Gasteiger partial charge in [0.25, 0.3) is 0 Å². The molecule has 0 atom stereocenters. The minimum atomic E-state index is -0.889. The average Bonchev–Trinajstić information content (AvgIpc) is 2.64. The molecule has 0 aliphatic carbocycles. The number of hydrogen-bond donors (Lipinski definition) is 2. The summed E-state index contributed by atoms with van der Waals surface area (Å²) in [5.74, 6) is -0.958. The van der Waals surface area contributed by atoms with Crippen LogP contribution in [0.4, 0.5) is 15.8 Å². The molecule has 2 amide bonds. The number of amides is 2. The summed E-state index contributed by atoms with van der Waals surface area (Å²) in [5.41, 5.74) is 0.640. The quantitative estimate of drug-likeness (QED) is 0.693. The number of carbonyl (C=O) groups is 2. The third kappa shape index (κ3) is 4.67. The molecule has 0 radical (unpaired) electrons. The molecule has 0 spiro atoms. The van der Waals surface area contributed by atoms with Crippen LogP contribution in [0.2, 0.25) is 0 Å². The number of para-hydroxylation sites is 1. The molecular formula is C20H15FN2O3. The molecule has 0 heterocycles. The van der Waals surface area contributed by atoms with Crippen LogP contribution in [-0.2, 0) is 9.59 Å². The summed E-state index contributed by atoms with van der Waals surface area (Å²) < 4.78 is 18.7. The summed E-state index contributed by atoms with van der Waals surface area (Å²) >= 11 is 0. The van der Waals surface area contributed by atoms with Crippen LogP contribution in [0.1, 0.15) is 0 Å². The fourth-order valence-corrected chi connectivity index (χ4v) is 2.17. The van der Waals surface area contributed by atoms with E-state index in [-0.39, 0.29) is 5.69 Å². The van der Waals surface area contributed by atoms with E-state index in [1.165, 1.54) is 18.2 Å². The first-order chi connectivity index (χ1) is 12.6. The molecule has 0 aromatic heterocycles. The van der Waals surface area contributed by atoms with Crippen molar-refractivity contribution in [2.24, 2.45) is 0 Å². The fourth-order valence-electron chi connectivity index (χ4n) is 2.17. The van der Waals surface area contributed by atoms with E-state index < -0.39 is 17.6 Å². The molecule has 130 valence electrons. The number of anilines is 2. The van der Waals surface area contributed by atoms with Gasteiger partial charge >= 0.3 is 11.8 Å². The first-order valence-corrected chi connectivity index (χ1v) is 7.81. The first kappa shape index (κ1) is 17.2. The number of halogens is 1. The lowest BCUT2D eigenvalue weighted by atomic mass is 10.3. The highest BCUT2D eigenvalue weighted by atomic mass is 19.1. The zero-order valence-electron chi connectivity index (χ0n) is 13.6. The van der Waals surface area contributed by atoms with Crippen LogP contribution >= 0.6 is 0 Å². The molecule has 3 aromatic rings. The maximum absolute atomic E-state index is 13.1. The highest BCUT2D eigenvalue weighted by molar-refractivity contribution is 6.43. The van der Waals surface area contributed by atoms with Gasteiger partial charge in [0, 0.05) is 11.4 Å². The van der Waals surface area contributed by atoms with Crippen LogP contribution in [0.5, 0.6) is 11.5 Å². The van der Waals surface area contributed by atoms with Crippen molar-refractivity contribution in [3.05, 3.63) is 84.7 Å². The molecule has 0 aliphatic heterocycles. The summed E-state index contributed by atoms with van der Waals surface area (Å²) in [7, 11) is 0. The summed E-state index contributed by atoms with van der Waals surface area (Å²) in [6, 6.07) is 21.1. The van der Waals surface area contributed by atoms with Crippen molar-refractivity contribution in [1.29, 1.82) is 0 Å². The van der Waals surface area contributed by atoms with Gasteiger partial charge in [-0.3, -0.25) is 9.59 Å². The second-order valence-electron chi connectivity index (χ2n) is 5.36. The van der Waals surface area contributed by atoms with Crippen molar-refractivity contribution in [2.75, 3.05) is 10.6 Å². The third-order valence-corrected chi connectivity index (χ3v) is 3.38. The molecule has 0 saturated carbocycles. The summed E-state index contributed by atoms with van der Waals surface area (Å²) in [5, 5.41) is 4.80. The Balaban J connectivity index is 1.58. The van der Waals surface area contributed by atoms with Crippen LogP contribution < -0.4 is 15.4 Å². The molecule has 5 nitrogen and oxygen atoms in total. The molecule has 26 heavy (non-hydrogen) atoms. The predicted octanol–water partition coefficient (Wildman–Crippen LogP) is 4.20. The molecular weight excluding hydrogens is 335 g/mol. The Morgan fingerprint density at radius 1 is 0.692 bits per heavy atom.